The van der Waals surface area contributed by atoms with E-state index in [2.05, 4.69) is 15.4 Å². The Hall–Kier alpha value is -3.55. The summed E-state index contributed by atoms with van der Waals surface area (Å²) >= 11 is 0. The van der Waals surface area contributed by atoms with Crippen LogP contribution < -0.4 is 5.32 Å². The summed E-state index contributed by atoms with van der Waals surface area (Å²) in [6.45, 7) is 8.72. The number of amides is 1. The zero-order valence-electron chi connectivity index (χ0n) is 18.4. The van der Waals surface area contributed by atoms with Gasteiger partial charge in [-0.3, -0.25) is 14.4 Å². The van der Waals surface area contributed by atoms with Crippen molar-refractivity contribution in [2.45, 2.75) is 53.6 Å². The van der Waals surface area contributed by atoms with E-state index in [1.165, 1.54) is 13.8 Å². The lowest BCUT2D eigenvalue weighted by atomic mass is 10.1. The lowest BCUT2D eigenvalue weighted by molar-refractivity contribution is -0.153. The van der Waals surface area contributed by atoms with Gasteiger partial charge in [0.1, 0.15) is 0 Å². The van der Waals surface area contributed by atoms with Crippen LogP contribution in [-0.2, 0) is 20.7 Å². The summed E-state index contributed by atoms with van der Waals surface area (Å²) in [6, 6.07) is 8.51. The number of nitrogens with one attached hydrogen (secondary N) is 1. The fourth-order valence-corrected chi connectivity index (χ4v) is 3.40. The van der Waals surface area contributed by atoms with Gasteiger partial charge in [0.05, 0.1) is 5.69 Å². The van der Waals surface area contributed by atoms with Crippen LogP contribution in [-0.4, -0.2) is 38.4 Å². The number of aromatic nitrogens is 3. The van der Waals surface area contributed by atoms with Crippen molar-refractivity contribution in [1.29, 1.82) is 0 Å². The quantitative estimate of drug-likeness (QED) is 0.463. The molecule has 0 radical (unpaired) electrons. The molecule has 0 bridgehead atoms. The normalized spacial score (nSPS) is 11.9. The number of rotatable bonds is 7. The molecule has 162 valence electrons. The number of benzene rings is 1. The van der Waals surface area contributed by atoms with E-state index >= 15 is 0 Å². The second-order valence-electron chi connectivity index (χ2n) is 7.58. The van der Waals surface area contributed by atoms with Crippen LogP contribution in [0.1, 0.15) is 53.3 Å². The maximum atomic E-state index is 12.4. The molecule has 0 fully saturated rings. The van der Waals surface area contributed by atoms with Crippen molar-refractivity contribution in [1.82, 2.24) is 14.6 Å². The second-order valence-corrected chi connectivity index (χ2v) is 7.58. The minimum Gasteiger partial charge on any atom is -0.453 e. The highest BCUT2D eigenvalue weighted by Crippen LogP contribution is 2.18. The molecule has 0 aliphatic rings. The van der Waals surface area contributed by atoms with E-state index in [9.17, 15) is 14.4 Å². The number of ether oxygens (including phenoxy) is 1. The molecule has 0 aliphatic heterocycles. The first kappa shape index (κ1) is 22.1. The SMILES string of the molecule is CC(=O)c1cccc(NC(=O)[C@H](C)OC(=O)CCc2c(C)nc3cc(C)nn3c2C)c1. The number of nitrogens with zero attached hydrogens (tertiary/aromatic N) is 3. The molecule has 0 spiro atoms. The van der Waals surface area contributed by atoms with Crippen molar-refractivity contribution in [2.75, 3.05) is 5.32 Å². The van der Waals surface area contributed by atoms with Gasteiger partial charge >= 0.3 is 5.97 Å². The summed E-state index contributed by atoms with van der Waals surface area (Å²) in [5.41, 5.74) is 5.32. The number of carbonyl (C=O) groups excluding carboxylic acids is 3. The summed E-state index contributed by atoms with van der Waals surface area (Å²) in [4.78, 5) is 40.7. The van der Waals surface area contributed by atoms with Gasteiger partial charge in [0, 0.05) is 35.1 Å². The maximum Gasteiger partial charge on any atom is 0.306 e. The lowest BCUT2D eigenvalue weighted by Crippen LogP contribution is -2.30. The minimum absolute atomic E-state index is 0.0980. The average molecular weight is 422 g/mol. The molecule has 1 amide bonds. The Morgan fingerprint density at radius 1 is 1.16 bits per heavy atom. The lowest BCUT2D eigenvalue weighted by Gasteiger charge is -2.15. The fraction of sp³-hybridized carbons (Fsp3) is 0.348. The van der Waals surface area contributed by atoms with Gasteiger partial charge in [-0.1, -0.05) is 12.1 Å². The van der Waals surface area contributed by atoms with E-state index < -0.39 is 18.0 Å². The number of hydrogen-bond donors (Lipinski definition) is 1. The number of hydrogen-bond acceptors (Lipinski definition) is 6. The summed E-state index contributed by atoms with van der Waals surface area (Å²) in [5, 5.41) is 7.10. The Morgan fingerprint density at radius 3 is 2.61 bits per heavy atom. The summed E-state index contributed by atoms with van der Waals surface area (Å²) in [5.74, 6) is -1.04. The summed E-state index contributed by atoms with van der Waals surface area (Å²) < 4.78 is 7.07. The molecule has 31 heavy (non-hydrogen) atoms. The van der Waals surface area contributed by atoms with Gasteiger partial charge in [-0.2, -0.15) is 5.10 Å². The molecule has 0 unspecified atom stereocenters. The first-order valence-corrected chi connectivity index (χ1v) is 10.1. The predicted octanol–water partition coefficient (Wildman–Crippen LogP) is 3.36. The fourth-order valence-electron chi connectivity index (χ4n) is 3.40. The Balaban J connectivity index is 1.59. The van der Waals surface area contributed by atoms with Gasteiger partial charge < -0.3 is 10.1 Å². The molecule has 0 aliphatic carbocycles. The molecule has 1 atom stereocenters. The number of aryl methyl sites for hydroxylation is 3. The Kier molecular flexibility index (Phi) is 6.48. The van der Waals surface area contributed by atoms with Crippen molar-refractivity contribution >= 4 is 29.0 Å². The third kappa shape index (κ3) is 5.14. The first-order valence-electron chi connectivity index (χ1n) is 10.1. The molecule has 2 heterocycles. The highest BCUT2D eigenvalue weighted by atomic mass is 16.5. The maximum absolute atomic E-state index is 12.4. The molecule has 0 saturated carbocycles. The zero-order valence-corrected chi connectivity index (χ0v) is 18.4. The van der Waals surface area contributed by atoms with Crippen molar-refractivity contribution in [3.05, 3.63) is 58.5 Å². The molecular weight excluding hydrogens is 396 g/mol. The molecule has 3 rings (SSSR count). The molecule has 3 aromatic rings. The minimum atomic E-state index is -0.968. The highest BCUT2D eigenvalue weighted by Gasteiger charge is 2.19. The highest BCUT2D eigenvalue weighted by molar-refractivity contribution is 5.98. The number of fused-ring (bicyclic) bond motifs is 1. The summed E-state index contributed by atoms with van der Waals surface area (Å²) in [7, 11) is 0. The third-order valence-electron chi connectivity index (χ3n) is 5.08. The van der Waals surface area contributed by atoms with Gasteiger partial charge in [0.2, 0.25) is 0 Å². The van der Waals surface area contributed by atoms with E-state index in [4.69, 9.17) is 4.74 Å². The van der Waals surface area contributed by atoms with Crippen molar-refractivity contribution < 1.29 is 19.1 Å². The van der Waals surface area contributed by atoms with Crippen LogP contribution in [0.2, 0.25) is 0 Å². The Bertz CT molecular complexity index is 1170. The zero-order chi connectivity index (χ0) is 22.7. The Labute approximate surface area is 180 Å². The Morgan fingerprint density at radius 2 is 1.90 bits per heavy atom. The standard InChI is InChI=1S/C23H26N4O4/c1-13-11-21-24-14(2)20(15(3)27(21)26-13)9-10-22(29)31-17(5)23(30)25-19-8-6-7-18(12-19)16(4)28/h6-8,11-12,17H,9-10H2,1-5H3,(H,25,30)/t17-/m0/s1. The van der Waals surface area contributed by atoms with E-state index in [1.807, 2.05) is 26.8 Å². The topological polar surface area (TPSA) is 103 Å². The van der Waals surface area contributed by atoms with E-state index in [-0.39, 0.29) is 12.2 Å². The molecule has 2 aromatic heterocycles. The average Bonchev–Trinajstić information content (AvgIpc) is 3.08. The van der Waals surface area contributed by atoms with Crippen molar-refractivity contribution in [3.8, 4) is 0 Å². The van der Waals surface area contributed by atoms with Crippen LogP contribution in [0.4, 0.5) is 5.69 Å². The molecule has 1 N–H and O–H groups in total. The molecule has 0 saturated heterocycles. The number of anilines is 1. The predicted molar refractivity (Wildman–Crippen MR) is 116 cm³/mol. The molecule has 8 heteroatoms. The first-order chi connectivity index (χ1) is 14.7. The largest absolute Gasteiger partial charge is 0.453 e. The molecule has 8 nitrogen and oxygen atoms in total. The van der Waals surface area contributed by atoms with Gasteiger partial charge in [-0.15, -0.1) is 0 Å². The van der Waals surface area contributed by atoms with Crippen molar-refractivity contribution in [2.24, 2.45) is 0 Å². The monoisotopic (exact) mass is 422 g/mol. The number of esters is 1. The third-order valence-corrected chi connectivity index (χ3v) is 5.08. The van der Waals surface area contributed by atoms with Crippen LogP contribution in [0.15, 0.2) is 30.3 Å². The van der Waals surface area contributed by atoms with Crippen LogP contribution in [0, 0.1) is 20.8 Å². The number of Topliss-reactive ketones (excluding diaryl/α,β-unsaturated/α-hetero) is 1. The number of carbonyl (C=O) groups is 3. The summed E-state index contributed by atoms with van der Waals surface area (Å²) in [6.07, 6.45) is -0.412. The van der Waals surface area contributed by atoms with Gasteiger partial charge in [-0.05, 0) is 58.7 Å². The van der Waals surface area contributed by atoms with Crippen LogP contribution in [0.5, 0.6) is 0 Å². The number of ketones is 1. The van der Waals surface area contributed by atoms with Crippen molar-refractivity contribution in [3.63, 3.8) is 0 Å². The van der Waals surface area contributed by atoms with Crippen LogP contribution >= 0.6 is 0 Å². The van der Waals surface area contributed by atoms with Crippen LogP contribution in [0.25, 0.3) is 5.65 Å². The smallest absolute Gasteiger partial charge is 0.306 e. The molecule has 1 aromatic carbocycles. The molecular formula is C23H26N4O4. The van der Waals surface area contributed by atoms with E-state index in [1.54, 1.807) is 28.8 Å². The van der Waals surface area contributed by atoms with Gasteiger partial charge in [-0.25, -0.2) is 9.50 Å². The van der Waals surface area contributed by atoms with E-state index in [0.29, 0.717) is 17.7 Å². The van der Waals surface area contributed by atoms with Crippen LogP contribution in [0.3, 0.4) is 0 Å². The second kappa shape index (κ2) is 9.07. The van der Waals surface area contributed by atoms with Gasteiger partial charge in [0.15, 0.2) is 17.5 Å². The van der Waals surface area contributed by atoms with Gasteiger partial charge in [0.25, 0.3) is 5.91 Å². The van der Waals surface area contributed by atoms with E-state index in [0.717, 1.165) is 28.3 Å².